The topological polar surface area (TPSA) is 78.4 Å². The summed E-state index contributed by atoms with van der Waals surface area (Å²) in [5.74, 6) is -0.433. The second-order valence-electron chi connectivity index (χ2n) is 6.78. The van der Waals surface area contributed by atoms with E-state index in [0.29, 0.717) is 17.9 Å². The molecule has 0 aliphatic heterocycles. The maximum absolute atomic E-state index is 11.7. The molecule has 0 heterocycles. The standard InChI is InChI=1S/C15H26N2O3/c1-15(7-2-8-15)10-17-14(20)16-9-11-3-5-12(6-4-11)13(18)19/h11-12H,2-10H2,1H3,(H,18,19)(H2,16,17,20). The second kappa shape index (κ2) is 6.46. The fraction of sp³-hybridized carbons (Fsp3) is 0.867. The number of urea groups is 1. The summed E-state index contributed by atoms with van der Waals surface area (Å²) in [4.78, 5) is 22.6. The van der Waals surface area contributed by atoms with Gasteiger partial charge in [-0.25, -0.2) is 4.79 Å². The normalized spacial score (nSPS) is 28.2. The lowest BCUT2D eigenvalue weighted by molar-refractivity contribution is -0.143. The van der Waals surface area contributed by atoms with Crippen LogP contribution in [-0.2, 0) is 4.79 Å². The monoisotopic (exact) mass is 282 g/mol. The zero-order chi connectivity index (χ0) is 14.6. The highest BCUT2D eigenvalue weighted by molar-refractivity contribution is 5.73. The summed E-state index contributed by atoms with van der Waals surface area (Å²) in [5, 5.41) is 14.8. The molecule has 3 N–H and O–H groups in total. The van der Waals surface area contributed by atoms with E-state index in [1.165, 1.54) is 19.3 Å². The minimum atomic E-state index is -0.678. The molecule has 5 heteroatoms. The van der Waals surface area contributed by atoms with Crippen molar-refractivity contribution in [1.29, 1.82) is 0 Å². The molecule has 2 amide bonds. The zero-order valence-corrected chi connectivity index (χ0v) is 12.3. The molecule has 0 aromatic carbocycles. The molecule has 114 valence electrons. The van der Waals surface area contributed by atoms with Crippen LogP contribution in [0.4, 0.5) is 4.79 Å². The number of hydrogen-bond donors (Lipinski definition) is 3. The highest BCUT2D eigenvalue weighted by Crippen LogP contribution is 2.39. The maximum atomic E-state index is 11.7. The third-order valence-corrected chi connectivity index (χ3v) is 4.98. The van der Waals surface area contributed by atoms with Gasteiger partial charge in [-0.15, -0.1) is 0 Å². The van der Waals surface area contributed by atoms with Crippen LogP contribution in [0.1, 0.15) is 51.9 Å². The molecule has 2 aliphatic rings. The zero-order valence-electron chi connectivity index (χ0n) is 12.3. The third kappa shape index (κ3) is 4.12. The van der Waals surface area contributed by atoms with E-state index in [-0.39, 0.29) is 11.9 Å². The largest absolute Gasteiger partial charge is 0.481 e. The van der Waals surface area contributed by atoms with Crippen molar-refractivity contribution in [1.82, 2.24) is 10.6 Å². The van der Waals surface area contributed by atoms with Crippen LogP contribution in [0.25, 0.3) is 0 Å². The van der Waals surface area contributed by atoms with Crippen molar-refractivity contribution < 1.29 is 14.7 Å². The molecule has 0 aromatic rings. The van der Waals surface area contributed by atoms with E-state index < -0.39 is 5.97 Å². The average Bonchev–Trinajstić information content (AvgIpc) is 2.41. The molecular formula is C15H26N2O3. The van der Waals surface area contributed by atoms with Crippen molar-refractivity contribution in [2.75, 3.05) is 13.1 Å². The van der Waals surface area contributed by atoms with Gasteiger partial charge in [0, 0.05) is 13.1 Å². The Morgan fingerprint density at radius 1 is 1.15 bits per heavy atom. The van der Waals surface area contributed by atoms with Gasteiger partial charge in [0.2, 0.25) is 0 Å². The smallest absolute Gasteiger partial charge is 0.314 e. The summed E-state index contributed by atoms with van der Waals surface area (Å²) >= 11 is 0. The van der Waals surface area contributed by atoms with Crippen molar-refractivity contribution in [3.8, 4) is 0 Å². The number of carbonyl (C=O) groups is 2. The Balaban J connectivity index is 1.58. The van der Waals surface area contributed by atoms with Crippen LogP contribution in [0.3, 0.4) is 0 Å². The molecule has 0 aromatic heterocycles. The van der Waals surface area contributed by atoms with E-state index >= 15 is 0 Å². The van der Waals surface area contributed by atoms with E-state index in [1.807, 2.05) is 0 Å². The van der Waals surface area contributed by atoms with Gasteiger partial charge in [-0.1, -0.05) is 13.3 Å². The van der Waals surface area contributed by atoms with E-state index in [4.69, 9.17) is 5.11 Å². The van der Waals surface area contributed by atoms with Crippen LogP contribution in [0.5, 0.6) is 0 Å². The van der Waals surface area contributed by atoms with Gasteiger partial charge in [-0.2, -0.15) is 0 Å². The van der Waals surface area contributed by atoms with Crippen LogP contribution < -0.4 is 10.6 Å². The molecule has 20 heavy (non-hydrogen) atoms. The first-order chi connectivity index (χ1) is 9.48. The maximum Gasteiger partial charge on any atom is 0.314 e. The van der Waals surface area contributed by atoms with Crippen molar-refractivity contribution in [2.45, 2.75) is 51.9 Å². The Bertz CT molecular complexity index is 358. The number of nitrogens with one attached hydrogen (secondary N) is 2. The summed E-state index contributed by atoms with van der Waals surface area (Å²) in [6, 6.07) is -0.0847. The van der Waals surface area contributed by atoms with Crippen molar-refractivity contribution in [3.63, 3.8) is 0 Å². The van der Waals surface area contributed by atoms with E-state index in [0.717, 1.165) is 32.2 Å². The number of carboxylic acids is 1. The molecule has 2 rings (SSSR count). The van der Waals surface area contributed by atoms with Crippen LogP contribution in [-0.4, -0.2) is 30.2 Å². The van der Waals surface area contributed by atoms with Gasteiger partial charge < -0.3 is 15.7 Å². The van der Waals surface area contributed by atoms with Gasteiger partial charge >= 0.3 is 12.0 Å². The Morgan fingerprint density at radius 3 is 2.30 bits per heavy atom. The molecule has 2 saturated carbocycles. The molecule has 0 spiro atoms. The number of aliphatic carboxylic acids is 1. The predicted octanol–water partition coefficient (Wildman–Crippen LogP) is 2.37. The highest BCUT2D eigenvalue weighted by Gasteiger charge is 2.32. The summed E-state index contributed by atoms with van der Waals surface area (Å²) in [5.41, 5.74) is 0.302. The fourth-order valence-corrected chi connectivity index (χ4v) is 3.16. The molecule has 2 aliphatic carbocycles. The summed E-state index contributed by atoms with van der Waals surface area (Å²) < 4.78 is 0. The van der Waals surface area contributed by atoms with Gasteiger partial charge in [0.25, 0.3) is 0 Å². The molecular weight excluding hydrogens is 256 g/mol. The number of hydrogen-bond acceptors (Lipinski definition) is 2. The minimum absolute atomic E-state index is 0.0847. The summed E-state index contributed by atoms with van der Waals surface area (Å²) in [6.07, 6.45) is 6.94. The number of carbonyl (C=O) groups excluding carboxylic acids is 1. The van der Waals surface area contributed by atoms with E-state index in [9.17, 15) is 9.59 Å². The Hall–Kier alpha value is -1.26. The first kappa shape index (κ1) is 15.1. The van der Waals surface area contributed by atoms with Gasteiger partial charge in [0.1, 0.15) is 0 Å². The van der Waals surface area contributed by atoms with E-state index in [1.54, 1.807) is 0 Å². The van der Waals surface area contributed by atoms with Crippen LogP contribution >= 0.6 is 0 Å². The molecule has 0 radical (unpaired) electrons. The van der Waals surface area contributed by atoms with Gasteiger partial charge in [0.05, 0.1) is 5.92 Å². The molecule has 2 fully saturated rings. The predicted molar refractivity (Wildman–Crippen MR) is 76.4 cm³/mol. The van der Waals surface area contributed by atoms with Crippen LogP contribution in [0.2, 0.25) is 0 Å². The van der Waals surface area contributed by atoms with Crippen LogP contribution in [0, 0.1) is 17.3 Å². The van der Waals surface area contributed by atoms with Gasteiger partial charge in [0.15, 0.2) is 0 Å². The Kier molecular flexibility index (Phi) is 4.89. The fourth-order valence-electron chi connectivity index (χ4n) is 3.16. The van der Waals surface area contributed by atoms with Gasteiger partial charge in [-0.05, 0) is 49.9 Å². The number of carboxylic acid groups (broad SMARTS) is 1. The number of amides is 2. The van der Waals surface area contributed by atoms with Crippen molar-refractivity contribution in [3.05, 3.63) is 0 Å². The molecule has 0 unspecified atom stereocenters. The van der Waals surface area contributed by atoms with Crippen LogP contribution in [0.15, 0.2) is 0 Å². The van der Waals surface area contributed by atoms with Gasteiger partial charge in [-0.3, -0.25) is 4.79 Å². The lowest BCUT2D eigenvalue weighted by atomic mass is 9.70. The second-order valence-corrected chi connectivity index (χ2v) is 6.78. The van der Waals surface area contributed by atoms with Crippen molar-refractivity contribution >= 4 is 12.0 Å². The lowest BCUT2D eigenvalue weighted by Gasteiger charge is -2.38. The molecule has 5 nitrogen and oxygen atoms in total. The summed E-state index contributed by atoms with van der Waals surface area (Å²) in [7, 11) is 0. The molecule has 0 bridgehead atoms. The first-order valence-corrected chi connectivity index (χ1v) is 7.73. The minimum Gasteiger partial charge on any atom is -0.481 e. The SMILES string of the molecule is CC1(CNC(=O)NCC2CCC(C(=O)O)CC2)CCC1. The number of rotatable bonds is 5. The highest BCUT2D eigenvalue weighted by atomic mass is 16.4. The average molecular weight is 282 g/mol. The van der Waals surface area contributed by atoms with E-state index in [2.05, 4.69) is 17.6 Å². The Morgan fingerprint density at radius 2 is 1.80 bits per heavy atom. The third-order valence-electron chi connectivity index (χ3n) is 4.98. The quantitative estimate of drug-likeness (QED) is 0.724. The molecule has 0 saturated heterocycles. The summed E-state index contributed by atoms with van der Waals surface area (Å²) in [6.45, 7) is 3.63. The Labute approximate surface area is 120 Å². The first-order valence-electron chi connectivity index (χ1n) is 7.73. The molecule has 0 atom stereocenters. The van der Waals surface area contributed by atoms with Crippen molar-refractivity contribution in [2.24, 2.45) is 17.3 Å². The lowest BCUT2D eigenvalue weighted by Crippen LogP contribution is -2.45.